The SMILES string of the molecule is COc1ccc(C)cc1CCCCCCC(C)(C)O. The normalized spacial score (nSPS) is 11.6. The van der Waals surface area contributed by atoms with Crippen molar-refractivity contribution < 1.29 is 9.84 Å². The van der Waals surface area contributed by atoms with E-state index in [1.807, 2.05) is 13.8 Å². The molecular formula is C17H28O2. The standard InChI is InChI=1S/C17H28O2/c1-14-10-11-16(19-4)15(13-14)9-7-5-6-8-12-17(2,3)18/h10-11,13,18H,5-9,12H2,1-4H3. The number of rotatable bonds is 8. The molecule has 0 heterocycles. The Hall–Kier alpha value is -1.02. The van der Waals surface area contributed by atoms with Crippen LogP contribution < -0.4 is 4.74 Å². The summed E-state index contributed by atoms with van der Waals surface area (Å²) in [5.74, 6) is 1.00. The van der Waals surface area contributed by atoms with Crippen LogP contribution in [0.25, 0.3) is 0 Å². The van der Waals surface area contributed by atoms with Gasteiger partial charge in [0.2, 0.25) is 0 Å². The summed E-state index contributed by atoms with van der Waals surface area (Å²) in [5.41, 5.74) is 2.09. The fraction of sp³-hybridized carbons (Fsp3) is 0.647. The molecule has 0 radical (unpaired) electrons. The van der Waals surface area contributed by atoms with E-state index < -0.39 is 5.60 Å². The molecule has 0 saturated carbocycles. The highest BCUT2D eigenvalue weighted by Gasteiger charge is 2.11. The lowest BCUT2D eigenvalue weighted by Crippen LogP contribution is -2.17. The van der Waals surface area contributed by atoms with E-state index in [9.17, 15) is 5.11 Å². The second-order valence-electron chi connectivity index (χ2n) is 6.04. The Morgan fingerprint density at radius 2 is 1.79 bits per heavy atom. The number of hydrogen-bond donors (Lipinski definition) is 1. The molecule has 108 valence electrons. The Kier molecular flexibility index (Phi) is 6.36. The lowest BCUT2D eigenvalue weighted by Gasteiger charge is -2.16. The van der Waals surface area contributed by atoms with Gasteiger partial charge in [-0.2, -0.15) is 0 Å². The first-order valence-electron chi connectivity index (χ1n) is 7.28. The zero-order chi connectivity index (χ0) is 14.3. The van der Waals surface area contributed by atoms with E-state index in [-0.39, 0.29) is 0 Å². The number of aryl methyl sites for hydroxylation is 2. The van der Waals surface area contributed by atoms with Crippen molar-refractivity contribution in [1.29, 1.82) is 0 Å². The largest absolute Gasteiger partial charge is 0.496 e. The topological polar surface area (TPSA) is 29.5 Å². The van der Waals surface area contributed by atoms with Crippen LogP contribution in [0.5, 0.6) is 5.75 Å². The third-order valence-corrected chi connectivity index (χ3v) is 3.42. The summed E-state index contributed by atoms with van der Waals surface area (Å²) in [7, 11) is 1.73. The van der Waals surface area contributed by atoms with Gasteiger partial charge in [-0.3, -0.25) is 0 Å². The van der Waals surface area contributed by atoms with Crippen LogP contribution in [0.1, 0.15) is 57.1 Å². The fourth-order valence-electron chi connectivity index (χ4n) is 2.33. The molecule has 0 bridgehead atoms. The van der Waals surface area contributed by atoms with Crippen molar-refractivity contribution in [2.75, 3.05) is 7.11 Å². The average molecular weight is 264 g/mol. The van der Waals surface area contributed by atoms with Gasteiger partial charge in [0.05, 0.1) is 12.7 Å². The molecule has 0 unspecified atom stereocenters. The summed E-state index contributed by atoms with van der Waals surface area (Å²) in [6.07, 6.45) is 6.67. The minimum absolute atomic E-state index is 0.514. The third kappa shape index (κ3) is 6.63. The number of methoxy groups -OCH3 is 1. The molecule has 1 N–H and O–H groups in total. The number of aliphatic hydroxyl groups is 1. The molecule has 0 atom stereocenters. The molecule has 1 aromatic carbocycles. The van der Waals surface area contributed by atoms with Gasteiger partial charge in [0.1, 0.15) is 5.75 Å². The molecule has 0 aliphatic carbocycles. The van der Waals surface area contributed by atoms with E-state index in [4.69, 9.17) is 4.74 Å². The molecule has 0 amide bonds. The minimum atomic E-state index is -0.514. The van der Waals surface area contributed by atoms with Gasteiger partial charge in [0.15, 0.2) is 0 Å². The van der Waals surface area contributed by atoms with E-state index in [0.29, 0.717) is 0 Å². The second-order valence-corrected chi connectivity index (χ2v) is 6.04. The smallest absolute Gasteiger partial charge is 0.122 e. The predicted molar refractivity (Wildman–Crippen MR) is 80.8 cm³/mol. The van der Waals surface area contributed by atoms with Gasteiger partial charge in [-0.1, -0.05) is 37.0 Å². The van der Waals surface area contributed by atoms with Gasteiger partial charge in [0.25, 0.3) is 0 Å². The molecule has 2 nitrogen and oxygen atoms in total. The van der Waals surface area contributed by atoms with E-state index in [1.54, 1.807) is 7.11 Å². The Morgan fingerprint density at radius 1 is 1.11 bits per heavy atom. The Bertz CT molecular complexity index is 377. The monoisotopic (exact) mass is 264 g/mol. The minimum Gasteiger partial charge on any atom is -0.496 e. The van der Waals surface area contributed by atoms with Crippen LogP contribution in [0.3, 0.4) is 0 Å². The van der Waals surface area contributed by atoms with E-state index in [2.05, 4.69) is 25.1 Å². The van der Waals surface area contributed by atoms with Crippen molar-refractivity contribution in [2.24, 2.45) is 0 Å². The maximum Gasteiger partial charge on any atom is 0.122 e. The zero-order valence-corrected chi connectivity index (χ0v) is 12.8. The van der Waals surface area contributed by atoms with Gasteiger partial charge in [-0.05, 0) is 51.7 Å². The Labute approximate surface area is 117 Å². The first-order chi connectivity index (χ1) is 8.92. The van der Waals surface area contributed by atoms with Crippen molar-refractivity contribution in [2.45, 2.75) is 64.9 Å². The van der Waals surface area contributed by atoms with E-state index >= 15 is 0 Å². The lowest BCUT2D eigenvalue weighted by atomic mass is 9.98. The molecule has 0 aliphatic rings. The van der Waals surface area contributed by atoms with Gasteiger partial charge >= 0.3 is 0 Å². The predicted octanol–water partition coefficient (Wildman–Crippen LogP) is 4.27. The highest BCUT2D eigenvalue weighted by atomic mass is 16.5. The second kappa shape index (κ2) is 7.54. The number of unbranched alkanes of at least 4 members (excludes halogenated alkanes) is 3. The summed E-state index contributed by atoms with van der Waals surface area (Å²) in [6.45, 7) is 5.88. The molecule has 19 heavy (non-hydrogen) atoms. The van der Waals surface area contributed by atoms with Crippen LogP contribution in [-0.4, -0.2) is 17.8 Å². The Morgan fingerprint density at radius 3 is 2.42 bits per heavy atom. The van der Waals surface area contributed by atoms with Crippen LogP contribution in [-0.2, 0) is 6.42 Å². The van der Waals surface area contributed by atoms with Crippen LogP contribution in [0.15, 0.2) is 18.2 Å². The highest BCUT2D eigenvalue weighted by Crippen LogP contribution is 2.22. The van der Waals surface area contributed by atoms with Crippen molar-refractivity contribution in [1.82, 2.24) is 0 Å². The molecule has 1 rings (SSSR count). The zero-order valence-electron chi connectivity index (χ0n) is 12.8. The maximum atomic E-state index is 9.63. The molecule has 0 spiro atoms. The van der Waals surface area contributed by atoms with Crippen molar-refractivity contribution in [3.05, 3.63) is 29.3 Å². The number of hydrogen-bond acceptors (Lipinski definition) is 2. The lowest BCUT2D eigenvalue weighted by molar-refractivity contribution is 0.0680. The van der Waals surface area contributed by atoms with Crippen LogP contribution in [0, 0.1) is 6.92 Å². The fourth-order valence-corrected chi connectivity index (χ4v) is 2.33. The molecule has 0 aromatic heterocycles. The quantitative estimate of drug-likeness (QED) is 0.711. The Balaban J connectivity index is 2.28. The first kappa shape index (κ1) is 16.0. The average Bonchev–Trinajstić information content (AvgIpc) is 2.32. The highest BCUT2D eigenvalue weighted by molar-refractivity contribution is 5.36. The molecule has 0 fully saturated rings. The third-order valence-electron chi connectivity index (χ3n) is 3.42. The van der Waals surface area contributed by atoms with Crippen LogP contribution >= 0.6 is 0 Å². The van der Waals surface area contributed by atoms with Crippen LogP contribution in [0.4, 0.5) is 0 Å². The van der Waals surface area contributed by atoms with Gasteiger partial charge in [-0.15, -0.1) is 0 Å². The number of ether oxygens (including phenoxy) is 1. The number of benzene rings is 1. The molecular weight excluding hydrogens is 236 g/mol. The van der Waals surface area contributed by atoms with E-state index in [0.717, 1.165) is 25.0 Å². The first-order valence-corrected chi connectivity index (χ1v) is 7.28. The van der Waals surface area contributed by atoms with Gasteiger partial charge in [0, 0.05) is 0 Å². The van der Waals surface area contributed by atoms with Crippen molar-refractivity contribution in [3.63, 3.8) is 0 Å². The summed E-state index contributed by atoms with van der Waals surface area (Å²) in [5, 5.41) is 9.63. The summed E-state index contributed by atoms with van der Waals surface area (Å²) in [4.78, 5) is 0. The summed E-state index contributed by atoms with van der Waals surface area (Å²) >= 11 is 0. The molecule has 0 aliphatic heterocycles. The van der Waals surface area contributed by atoms with Crippen LogP contribution in [0.2, 0.25) is 0 Å². The maximum absolute atomic E-state index is 9.63. The summed E-state index contributed by atoms with van der Waals surface area (Å²) < 4.78 is 5.39. The van der Waals surface area contributed by atoms with E-state index in [1.165, 1.54) is 30.4 Å². The molecule has 1 aromatic rings. The van der Waals surface area contributed by atoms with Crippen molar-refractivity contribution in [3.8, 4) is 5.75 Å². The van der Waals surface area contributed by atoms with Gasteiger partial charge < -0.3 is 9.84 Å². The van der Waals surface area contributed by atoms with Gasteiger partial charge in [-0.25, -0.2) is 0 Å². The molecule has 0 saturated heterocycles. The van der Waals surface area contributed by atoms with Crippen molar-refractivity contribution >= 4 is 0 Å². The molecule has 2 heteroatoms. The summed E-state index contributed by atoms with van der Waals surface area (Å²) in [6, 6.07) is 6.36.